The summed E-state index contributed by atoms with van der Waals surface area (Å²) in [5.41, 5.74) is 27.6. The van der Waals surface area contributed by atoms with Gasteiger partial charge in [0, 0.05) is 34.1 Å². The first-order valence-electron chi connectivity index (χ1n) is 25.6. The van der Waals surface area contributed by atoms with Crippen LogP contribution in [0.15, 0.2) is 182 Å². The highest BCUT2D eigenvalue weighted by atomic mass is 15.1. The monoisotopic (exact) mass is 918 g/mol. The van der Waals surface area contributed by atoms with Crippen molar-refractivity contribution >= 4 is 55.7 Å². The molecule has 71 heavy (non-hydrogen) atoms. The summed E-state index contributed by atoms with van der Waals surface area (Å²) < 4.78 is 0. The highest BCUT2D eigenvalue weighted by molar-refractivity contribution is 6.11. The molecule has 12 rings (SSSR count). The predicted octanol–water partition coefficient (Wildman–Crippen LogP) is 19.4. The second-order valence-electron chi connectivity index (χ2n) is 21.3. The third-order valence-corrected chi connectivity index (χ3v) is 15.9. The van der Waals surface area contributed by atoms with E-state index in [1.165, 1.54) is 122 Å². The van der Waals surface area contributed by atoms with Gasteiger partial charge in [-0.15, -0.1) is 0 Å². The number of anilines is 6. The Kier molecular flexibility index (Phi) is 10.5. The van der Waals surface area contributed by atoms with E-state index in [9.17, 15) is 0 Å². The highest BCUT2D eigenvalue weighted by Gasteiger charge is 2.54. The van der Waals surface area contributed by atoms with Crippen LogP contribution < -0.4 is 9.80 Å². The Morgan fingerprint density at radius 2 is 0.690 bits per heavy atom. The van der Waals surface area contributed by atoms with Crippen molar-refractivity contribution in [2.75, 3.05) is 9.80 Å². The van der Waals surface area contributed by atoms with Crippen LogP contribution in [-0.4, -0.2) is 0 Å². The number of fused-ring (bicyclic) bond motifs is 14. The molecule has 2 heteroatoms. The minimum absolute atomic E-state index is 0.278. The van der Waals surface area contributed by atoms with E-state index in [2.05, 4.69) is 261 Å². The zero-order valence-electron chi connectivity index (χ0n) is 42.9. The molecule has 0 N–H and O–H groups in total. The van der Waals surface area contributed by atoms with Crippen molar-refractivity contribution in [3.05, 3.63) is 249 Å². The smallest absolute Gasteiger partial charge is 0.0737 e. The van der Waals surface area contributed by atoms with Gasteiger partial charge in [0.25, 0.3) is 0 Å². The first-order chi connectivity index (χ1) is 34.3. The molecule has 0 aromatic heterocycles. The predicted molar refractivity (Wildman–Crippen MR) is 304 cm³/mol. The van der Waals surface area contributed by atoms with Crippen molar-refractivity contribution in [3.63, 3.8) is 0 Å². The molecule has 10 aromatic rings. The summed E-state index contributed by atoms with van der Waals surface area (Å²) >= 11 is 0. The fraction of sp³-hybridized carbons (Fsp3) is 0.188. The number of hydrogen-bond donors (Lipinski definition) is 0. The van der Waals surface area contributed by atoms with Gasteiger partial charge in [0.05, 0.1) is 5.41 Å². The van der Waals surface area contributed by atoms with Gasteiger partial charge in [0.2, 0.25) is 0 Å². The van der Waals surface area contributed by atoms with E-state index in [0.717, 1.165) is 22.7 Å². The second kappa shape index (κ2) is 16.7. The van der Waals surface area contributed by atoms with E-state index >= 15 is 0 Å². The molecule has 0 aliphatic heterocycles. The number of hydrogen-bond acceptors (Lipinski definition) is 2. The lowest BCUT2D eigenvalue weighted by Gasteiger charge is -2.34. The van der Waals surface area contributed by atoms with Crippen LogP contribution in [0.4, 0.5) is 34.1 Å². The summed E-state index contributed by atoms with van der Waals surface area (Å²) in [6, 6.07) is 70.2. The zero-order chi connectivity index (χ0) is 49.0. The summed E-state index contributed by atoms with van der Waals surface area (Å²) in [4.78, 5) is 4.95. The van der Waals surface area contributed by atoms with Gasteiger partial charge >= 0.3 is 0 Å². The van der Waals surface area contributed by atoms with E-state index in [1.807, 2.05) is 0 Å². The van der Waals surface area contributed by atoms with Gasteiger partial charge in [-0.05, 0) is 226 Å². The maximum absolute atomic E-state index is 2.60. The Morgan fingerprint density at radius 1 is 0.324 bits per heavy atom. The molecular formula is C69H62N2. The quantitative estimate of drug-likeness (QED) is 0.150. The van der Waals surface area contributed by atoms with Gasteiger partial charge in [0.15, 0.2) is 0 Å². The van der Waals surface area contributed by atoms with Crippen molar-refractivity contribution in [1.29, 1.82) is 0 Å². The van der Waals surface area contributed by atoms with Crippen molar-refractivity contribution in [1.82, 2.24) is 0 Å². The Hall–Kier alpha value is -7.68. The largest absolute Gasteiger partial charge is 0.310 e. The molecule has 0 radical (unpaired) electrons. The van der Waals surface area contributed by atoms with Gasteiger partial charge in [-0.25, -0.2) is 0 Å². The first kappa shape index (κ1) is 44.5. The molecule has 0 atom stereocenters. The van der Waals surface area contributed by atoms with Crippen molar-refractivity contribution < 1.29 is 0 Å². The van der Waals surface area contributed by atoms with E-state index < -0.39 is 5.41 Å². The van der Waals surface area contributed by atoms with Crippen molar-refractivity contribution in [3.8, 4) is 22.3 Å². The molecule has 2 aliphatic carbocycles. The summed E-state index contributed by atoms with van der Waals surface area (Å²) in [5, 5.41) is 5.26. The van der Waals surface area contributed by atoms with Gasteiger partial charge in [0.1, 0.15) is 0 Å². The standard InChI is InChI=1S/C69H62N2/c1-41(2)57-39-61-62-40-58(42(3)4)60-38-52(71(50-29-23-44(6)24-30-50)66-36-46(8)20-26-48(66)10)32-34-56(60)68(62)69(63-17-13-11-15-53(63)54-16-12-14-18-64(54)69)67(61)55-33-31-51(37-59(55)57)70(49-27-21-43(5)22-28-49)65-35-45(7)19-25-47(65)9/h11-42H,1-10H3. The summed E-state index contributed by atoms with van der Waals surface area (Å²) in [5.74, 6) is 0.556. The summed E-state index contributed by atoms with van der Waals surface area (Å²) in [6.45, 7) is 22.7. The molecule has 0 unspecified atom stereocenters. The fourth-order valence-electron chi connectivity index (χ4n) is 12.4. The summed E-state index contributed by atoms with van der Waals surface area (Å²) in [7, 11) is 0. The first-order valence-corrected chi connectivity index (χ1v) is 25.6. The number of rotatable bonds is 8. The molecule has 2 nitrogen and oxygen atoms in total. The highest BCUT2D eigenvalue weighted by Crippen LogP contribution is 2.66. The Labute approximate surface area is 420 Å². The van der Waals surface area contributed by atoms with E-state index in [1.54, 1.807) is 0 Å². The molecule has 10 aromatic carbocycles. The van der Waals surface area contributed by atoms with Crippen LogP contribution in [0, 0.1) is 41.5 Å². The number of nitrogens with zero attached hydrogens (tertiary/aromatic N) is 2. The maximum atomic E-state index is 2.60. The number of benzene rings is 10. The summed E-state index contributed by atoms with van der Waals surface area (Å²) in [6.07, 6.45) is 0. The molecule has 0 fully saturated rings. The lowest BCUT2D eigenvalue weighted by molar-refractivity contribution is 0.806. The van der Waals surface area contributed by atoms with Crippen LogP contribution in [0.5, 0.6) is 0 Å². The van der Waals surface area contributed by atoms with Gasteiger partial charge in [-0.3, -0.25) is 0 Å². The Morgan fingerprint density at radius 3 is 1.08 bits per heavy atom. The Bertz CT molecular complexity index is 3520. The van der Waals surface area contributed by atoms with Crippen LogP contribution in [-0.2, 0) is 5.41 Å². The normalized spacial score (nSPS) is 13.0. The lowest BCUT2D eigenvalue weighted by Crippen LogP contribution is -2.27. The van der Waals surface area contributed by atoms with Crippen LogP contribution in [0.3, 0.4) is 0 Å². The van der Waals surface area contributed by atoms with E-state index in [-0.39, 0.29) is 11.8 Å². The van der Waals surface area contributed by atoms with E-state index in [0.29, 0.717) is 0 Å². The minimum atomic E-state index is -0.573. The van der Waals surface area contributed by atoms with E-state index in [4.69, 9.17) is 0 Å². The molecule has 0 bridgehead atoms. The van der Waals surface area contributed by atoms with Crippen molar-refractivity contribution in [2.45, 2.75) is 86.5 Å². The van der Waals surface area contributed by atoms with Crippen molar-refractivity contribution in [2.24, 2.45) is 0 Å². The average molecular weight is 919 g/mol. The van der Waals surface area contributed by atoms with Crippen LogP contribution in [0.2, 0.25) is 0 Å². The fourth-order valence-corrected chi connectivity index (χ4v) is 12.4. The third kappa shape index (κ3) is 6.82. The van der Waals surface area contributed by atoms with Crippen LogP contribution in [0.25, 0.3) is 43.8 Å². The molecule has 2 aliphatic rings. The molecular weight excluding hydrogens is 857 g/mol. The molecule has 348 valence electrons. The SMILES string of the molecule is Cc1ccc(N(c2ccc3c4c(cc(C(C)C)c3c2)-c2cc(C(C)C)c3cc(N(c5ccc(C)cc5)c5cc(C)ccc5C)ccc3c2C42c3ccccc3-c3ccccc32)c2cc(C)ccc2C)cc1. The number of aryl methyl sites for hydroxylation is 6. The Balaban J connectivity index is 1.19. The zero-order valence-corrected chi connectivity index (χ0v) is 42.9. The van der Waals surface area contributed by atoms with Gasteiger partial charge in [-0.1, -0.05) is 148 Å². The van der Waals surface area contributed by atoms with Gasteiger partial charge < -0.3 is 9.80 Å². The molecule has 1 spiro atoms. The molecule has 0 saturated carbocycles. The maximum Gasteiger partial charge on any atom is 0.0737 e. The van der Waals surface area contributed by atoms with Crippen LogP contribution in [0.1, 0.15) is 106 Å². The average Bonchev–Trinajstić information content (AvgIpc) is 3.84. The third-order valence-electron chi connectivity index (χ3n) is 15.9. The minimum Gasteiger partial charge on any atom is -0.310 e. The lowest BCUT2D eigenvalue weighted by atomic mass is 9.67. The second-order valence-corrected chi connectivity index (χ2v) is 21.3. The van der Waals surface area contributed by atoms with Crippen LogP contribution >= 0.6 is 0 Å². The molecule has 0 amide bonds. The van der Waals surface area contributed by atoms with Gasteiger partial charge in [-0.2, -0.15) is 0 Å². The topological polar surface area (TPSA) is 6.48 Å². The molecule has 0 saturated heterocycles. The molecule has 0 heterocycles.